The largest absolute Gasteiger partial charge is 0.370 e. The van der Waals surface area contributed by atoms with Crippen LogP contribution in [-0.4, -0.2) is 16.4 Å². The summed E-state index contributed by atoms with van der Waals surface area (Å²) >= 11 is 0. The Morgan fingerprint density at radius 1 is 1.33 bits per heavy atom. The molecule has 0 aliphatic carbocycles. The molecule has 0 atom stereocenters. The molecule has 18 heavy (non-hydrogen) atoms. The van der Waals surface area contributed by atoms with Crippen molar-refractivity contribution in [3.05, 3.63) is 42.1 Å². The van der Waals surface area contributed by atoms with Crippen LogP contribution in [0.25, 0.3) is 17.0 Å². The van der Waals surface area contributed by atoms with Gasteiger partial charge in [0.15, 0.2) is 5.96 Å². The van der Waals surface area contributed by atoms with E-state index in [9.17, 15) is 4.79 Å². The second-order valence-electron chi connectivity index (χ2n) is 3.90. The number of rotatable bonds is 2. The number of benzene rings is 1. The fraction of sp³-hybridized carbons (Fsp3) is 0.0769. The van der Waals surface area contributed by atoms with Gasteiger partial charge in [-0.2, -0.15) is 4.99 Å². The first-order valence-corrected chi connectivity index (χ1v) is 5.44. The Morgan fingerprint density at radius 3 is 2.72 bits per heavy atom. The lowest BCUT2D eigenvalue weighted by molar-refractivity contribution is -0.113. The predicted molar refractivity (Wildman–Crippen MR) is 72.8 cm³/mol. The number of aryl methyl sites for hydroxylation is 1. The maximum atomic E-state index is 11.3. The molecule has 0 saturated carbocycles. The molecule has 4 N–H and O–H groups in total. The molecule has 2 rings (SSSR count). The summed E-state index contributed by atoms with van der Waals surface area (Å²) in [7, 11) is 1.94. The number of guanidine groups is 1. The summed E-state index contributed by atoms with van der Waals surface area (Å²) < 4.78 is 1.99. The monoisotopic (exact) mass is 242 g/mol. The lowest BCUT2D eigenvalue weighted by atomic mass is 10.2. The van der Waals surface area contributed by atoms with Gasteiger partial charge in [-0.15, -0.1) is 0 Å². The molecule has 0 bridgehead atoms. The van der Waals surface area contributed by atoms with Crippen molar-refractivity contribution in [3.63, 3.8) is 0 Å². The maximum absolute atomic E-state index is 11.3. The van der Waals surface area contributed by atoms with Gasteiger partial charge in [-0.3, -0.25) is 4.79 Å². The molecule has 1 aromatic carbocycles. The summed E-state index contributed by atoms with van der Waals surface area (Å²) in [4.78, 5) is 14.7. The van der Waals surface area contributed by atoms with Gasteiger partial charge in [-0.05, 0) is 18.2 Å². The van der Waals surface area contributed by atoms with Crippen LogP contribution >= 0.6 is 0 Å². The van der Waals surface area contributed by atoms with Gasteiger partial charge in [0.05, 0.1) is 0 Å². The third-order valence-corrected chi connectivity index (χ3v) is 2.62. The molecular formula is C13H14N4O. The van der Waals surface area contributed by atoms with Crippen LogP contribution in [0.1, 0.15) is 5.69 Å². The molecule has 1 heterocycles. The van der Waals surface area contributed by atoms with Gasteiger partial charge in [-0.1, -0.05) is 18.2 Å². The van der Waals surface area contributed by atoms with E-state index in [1.54, 1.807) is 6.08 Å². The number of carbonyl (C=O) groups excluding carboxylic acids is 1. The number of amides is 1. The smallest absolute Gasteiger partial charge is 0.272 e. The number of nitrogens with two attached hydrogens (primary N) is 2. The van der Waals surface area contributed by atoms with Crippen LogP contribution in [0.15, 0.2) is 41.4 Å². The number of aromatic nitrogens is 1. The van der Waals surface area contributed by atoms with Crippen molar-refractivity contribution in [1.82, 2.24) is 4.57 Å². The van der Waals surface area contributed by atoms with Crippen molar-refractivity contribution in [2.75, 3.05) is 0 Å². The lowest BCUT2D eigenvalue weighted by Crippen LogP contribution is -2.23. The Kier molecular flexibility index (Phi) is 3.14. The molecule has 0 aliphatic heterocycles. The van der Waals surface area contributed by atoms with Gasteiger partial charge in [-0.25, -0.2) is 0 Å². The number of carbonyl (C=O) groups is 1. The zero-order valence-corrected chi connectivity index (χ0v) is 10.00. The normalized spacial score (nSPS) is 10.9. The van der Waals surface area contributed by atoms with E-state index in [2.05, 4.69) is 4.99 Å². The van der Waals surface area contributed by atoms with E-state index in [1.807, 2.05) is 41.9 Å². The van der Waals surface area contributed by atoms with Gasteiger partial charge in [0.1, 0.15) is 0 Å². The zero-order valence-electron chi connectivity index (χ0n) is 10.00. The molecule has 2 aromatic rings. The second-order valence-corrected chi connectivity index (χ2v) is 3.90. The molecule has 0 saturated heterocycles. The molecule has 0 unspecified atom stereocenters. The Bertz CT molecular complexity index is 648. The molecule has 0 fully saturated rings. The zero-order chi connectivity index (χ0) is 13.1. The summed E-state index contributed by atoms with van der Waals surface area (Å²) in [6.07, 6.45) is 3.03. The summed E-state index contributed by atoms with van der Waals surface area (Å²) in [6, 6.07) is 9.98. The van der Waals surface area contributed by atoms with Crippen LogP contribution < -0.4 is 11.5 Å². The predicted octanol–water partition coefficient (Wildman–Crippen LogP) is 0.992. The minimum atomic E-state index is -0.472. The summed E-state index contributed by atoms with van der Waals surface area (Å²) in [5.74, 6) is -0.707. The summed E-state index contributed by atoms with van der Waals surface area (Å²) in [5, 5.41) is 1.12. The van der Waals surface area contributed by atoms with Crippen LogP contribution in [0, 0.1) is 0 Å². The Labute approximate surface area is 104 Å². The second kappa shape index (κ2) is 4.75. The number of fused-ring (bicyclic) bond motifs is 1. The summed E-state index contributed by atoms with van der Waals surface area (Å²) in [5.41, 5.74) is 12.3. The molecular weight excluding hydrogens is 228 g/mol. The Hall–Kier alpha value is -2.56. The van der Waals surface area contributed by atoms with Gasteiger partial charge in [0.25, 0.3) is 5.91 Å². The van der Waals surface area contributed by atoms with E-state index in [0.29, 0.717) is 0 Å². The fourth-order valence-corrected chi connectivity index (χ4v) is 1.79. The molecule has 1 amide bonds. The van der Waals surface area contributed by atoms with E-state index in [4.69, 9.17) is 11.5 Å². The minimum absolute atomic E-state index is 0.235. The lowest BCUT2D eigenvalue weighted by Gasteiger charge is -1.98. The van der Waals surface area contributed by atoms with Crippen molar-refractivity contribution >= 4 is 28.8 Å². The molecule has 0 spiro atoms. The van der Waals surface area contributed by atoms with Crippen molar-refractivity contribution in [1.29, 1.82) is 0 Å². The Morgan fingerprint density at radius 2 is 2.06 bits per heavy atom. The van der Waals surface area contributed by atoms with E-state index in [-0.39, 0.29) is 5.96 Å². The SMILES string of the molecule is Cn1c(/C=C/C(=O)N=C(N)N)cc2ccccc21. The quantitative estimate of drug-likeness (QED) is 0.468. The van der Waals surface area contributed by atoms with Crippen LogP contribution in [0.3, 0.4) is 0 Å². The first-order valence-electron chi connectivity index (χ1n) is 5.44. The minimum Gasteiger partial charge on any atom is -0.370 e. The number of hydrogen-bond donors (Lipinski definition) is 2. The van der Waals surface area contributed by atoms with E-state index < -0.39 is 5.91 Å². The fourth-order valence-electron chi connectivity index (χ4n) is 1.79. The topological polar surface area (TPSA) is 86.4 Å². The highest BCUT2D eigenvalue weighted by atomic mass is 16.1. The number of hydrogen-bond acceptors (Lipinski definition) is 1. The first-order chi connectivity index (χ1) is 8.58. The standard InChI is InChI=1S/C13H14N4O/c1-17-10(6-7-12(18)16-13(14)15)8-9-4-2-3-5-11(9)17/h2-8H,1H3,(H4,14,15,16,18)/b7-6+. The van der Waals surface area contributed by atoms with Crippen LogP contribution in [0.5, 0.6) is 0 Å². The van der Waals surface area contributed by atoms with Gasteiger partial charge in [0.2, 0.25) is 0 Å². The third kappa shape index (κ3) is 2.40. The van der Waals surface area contributed by atoms with Crippen molar-refractivity contribution < 1.29 is 4.79 Å². The molecule has 0 radical (unpaired) electrons. The van der Waals surface area contributed by atoms with E-state index in [1.165, 1.54) is 6.08 Å². The molecule has 0 aliphatic rings. The van der Waals surface area contributed by atoms with Crippen molar-refractivity contribution in [3.8, 4) is 0 Å². The Balaban J connectivity index is 2.32. The van der Waals surface area contributed by atoms with Crippen molar-refractivity contribution in [2.24, 2.45) is 23.5 Å². The maximum Gasteiger partial charge on any atom is 0.272 e. The van der Waals surface area contributed by atoms with E-state index >= 15 is 0 Å². The highest BCUT2D eigenvalue weighted by Gasteiger charge is 2.02. The first kappa shape index (κ1) is 11.9. The van der Waals surface area contributed by atoms with Crippen LogP contribution in [0.2, 0.25) is 0 Å². The van der Waals surface area contributed by atoms with Gasteiger partial charge in [0, 0.05) is 29.7 Å². The highest BCUT2D eigenvalue weighted by Crippen LogP contribution is 2.19. The van der Waals surface area contributed by atoms with Crippen LogP contribution in [-0.2, 0) is 11.8 Å². The number of aliphatic imine (C=N–C) groups is 1. The number of nitrogens with zero attached hydrogens (tertiary/aromatic N) is 2. The highest BCUT2D eigenvalue weighted by molar-refractivity contribution is 6.00. The molecule has 92 valence electrons. The van der Waals surface area contributed by atoms with Crippen LogP contribution in [0.4, 0.5) is 0 Å². The number of para-hydroxylation sites is 1. The van der Waals surface area contributed by atoms with Gasteiger partial charge < -0.3 is 16.0 Å². The average molecular weight is 242 g/mol. The summed E-state index contributed by atoms with van der Waals surface area (Å²) in [6.45, 7) is 0. The van der Waals surface area contributed by atoms with Gasteiger partial charge >= 0.3 is 0 Å². The average Bonchev–Trinajstić information content (AvgIpc) is 2.64. The molecule has 5 nitrogen and oxygen atoms in total. The van der Waals surface area contributed by atoms with Crippen molar-refractivity contribution in [2.45, 2.75) is 0 Å². The van der Waals surface area contributed by atoms with E-state index in [0.717, 1.165) is 16.6 Å². The molecule has 5 heteroatoms. The third-order valence-electron chi connectivity index (χ3n) is 2.62. The molecule has 1 aromatic heterocycles.